The van der Waals surface area contributed by atoms with Crippen LogP contribution in [-0.4, -0.2) is 28.4 Å². The highest BCUT2D eigenvalue weighted by molar-refractivity contribution is 8.00. The van der Waals surface area contributed by atoms with Crippen molar-refractivity contribution < 1.29 is 4.79 Å². The molecule has 1 fully saturated rings. The van der Waals surface area contributed by atoms with E-state index in [0.29, 0.717) is 0 Å². The van der Waals surface area contributed by atoms with E-state index >= 15 is 0 Å². The Bertz CT molecular complexity index is 178. The summed E-state index contributed by atoms with van der Waals surface area (Å²) < 4.78 is 0. The largest absolute Gasteiger partial charge is 0.358 e. The standard InChI is InChI=1S/C6H7NOS/c8-5-1-2-7-3-4-9-6(5)7/h1-2,6H,3-4H2/t6-/m1/s1. The highest BCUT2D eigenvalue weighted by Gasteiger charge is 2.31. The van der Waals surface area contributed by atoms with Crippen molar-refractivity contribution in [2.75, 3.05) is 12.3 Å². The van der Waals surface area contributed by atoms with Gasteiger partial charge in [-0.1, -0.05) is 0 Å². The molecule has 0 aromatic carbocycles. The minimum atomic E-state index is 0.144. The first-order valence-corrected chi connectivity index (χ1v) is 4.02. The Morgan fingerprint density at radius 1 is 1.78 bits per heavy atom. The first-order valence-electron chi connectivity index (χ1n) is 2.97. The van der Waals surface area contributed by atoms with Crippen molar-refractivity contribution in [3.05, 3.63) is 12.3 Å². The van der Waals surface area contributed by atoms with E-state index in [9.17, 15) is 4.79 Å². The molecule has 0 N–H and O–H groups in total. The van der Waals surface area contributed by atoms with E-state index < -0.39 is 0 Å². The predicted octanol–water partition coefficient (Wildman–Crippen LogP) is 0.458. The quantitative estimate of drug-likeness (QED) is 0.488. The van der Waals surface area contributed by atoms with E-state index in [2.05, 4.69) is 4.90 Å². The molecule has 0 spiro atoms. The monoisotopic (exact) mass is 141 g/mol. The summed E-state index contributed by atoms with van der Waals surface area (Å²) in [5.74, 6) is 1.36. The number of thioether (sulfide) groups is 1. The molecule has 9 heavy (non-hydrogen) atoms. The zero-order valence-corrected chi connectivity index (χ0v) is 5.73. The Hall–Kier alpha value is -0.440. The lowest BCUT2D eigenvalue weighted by Gasteiger charge is -2.11. The molecular weight excluding hydrogens is 134 g/mol. The van der Waals surface area contributed by atoms with Gasteiger partial charge in [-0.2, -0.15) is 0 Å². The van der Waals surface area contributed by atoms with E-state index in [1.54, 1.807) is 17.8 Å². The van der Waals surface area contributed by atoms with Crippen molar-refractivity contribution in [3.63, 3.8) is 0 Å². The average Bonchev–Trinajstić information content (AvgIpc) is 2.35. The van der Waals surface area contributed by atoms with Crippen LogP contribution in [0, 0.1) is 0 Å². The molecule has 0 amide bonds. The van der Waals surface area contributed by atoms with Gasteiger partial charge in [0.15, 0.2) is 5.78 Å². The number of hydrogen-bond donors (Lipinski definition) is 0. The van der Waals surface area contributed by atoms with Crippen LogP contribution in [0.1, 0.15) is 0 Å². The highest BCUT2D eigenvalue weighted by atomic mass is 32.2. The van der Waals surface area contributed by atoms with E-state index in [4.69, 9.17) is 0 Å². The number of hydrogen-bond acceptors (Lipinski definition) is 3. The minimum absolute atomic E-state index is 0.144. The fraction of sp³-hybridized carbons (Fsp3) is 0.500. The highest BCUT2D eigenvalue weighted by Crippen LogP contribution is 2.28. The molecule has 1 saturated heterocycles. The number of fused-ring (bicyclic) bond motifs is 1. The smallest absolute Gasteiger partial charge is 0.189 e. The Kier molecular flexibility index (Phi) is 1.05. The van der Waals surface area contributed by atoms with Gasteiger partial charge in [0, 0.05) is 24.6 Å². The third-order valence-corrected chi connectivity index (χ3v) is 2.84. The molecule has 0 unspecified atom stereocenters. The molecule has 2 heterocycles. The Morgan fingerprint density at radius 3 is 3.44 bits per heavy atom. The maximum atomic E-state index is 10.9. The molecule has 0 radical (unpaired) electrons. The Labute approximate surface area is 57.9 Å². The van der Waals surface area contributed by atoms with Crippen molar-refractivity contribution >= 4 is 17.5 Å². The van der Waals surface area contributed by atoms with Gasteiger partial charge in [0.25, 0.3) is 0 Å². The molecule has 3 heteroatoms. The van der Waals surface area contributed by atoms with Gasteiger partial charge in [0.1, 0.15) is 5.37 Å². The molecule has 2 nitrogen and oxygen atoms in total. The van der Waals surface area contributed by atoms with Crippen molar-refractivity contribution in [3.8, 4) is 0 Å². The van der Waals surface area contributed by atoms with Gasteiger partial charge < -0.3 is 4.90 Å². The van der Waals surface area contributed by atoms with Gasteiger partial charge in [-0.15, -0.1) is 11.8 Å². The van der Waals surface area contributed by atoms with Gasteiger partial charge in [0.2, 0.25) is 0 Å². The van der Waals surface area contributed by atoms with Crippen LogP contribution in [0.4, 0.5) is 0 Å². The van der Waals surface area contributed by atoms with Gasteiger partial charge in [-0.25, -0.2) is 0 Å². The van der Waals surface area contributed by atoms with E-state index in [1.807, 2.05) is 6.20 Å². The maximum Gasteiger partial charge on any atom is 0.189 e. The van der Waals surface area contributed by atoms with Crippen LogP contribution in [0.5, 0.6) is 0 Å². The fourth-order valence-electron chi connectivity index (χ4n) is 1.13. The molecule has 2 aliphatic rings. The summed E-state index contributed by atoms with van der Waals surface area (Å²) in [4.78, 5) is 13.0. The zero-order valence-electron chi connectivity index (χ0n) is 4.91. The van der Waals surface area contributed by atoms with Gasteiger partial charge in [-0.05, 0) is 0 Å². The van der Waals surface area contributed by atoms with Crippen LogP contribution >= 0.6 is 11.8 Å². The molecule has 0 bridgehead atoms. The van der Waals surface area contributed by atoms with Crippen molar-refractivity contribution in [1.82, 2.24) is 4.90 Å². The summed E-state index contributed by atoms with van der Waals surface area (Å²) in [6.45, 7) is 1.04. The number of nitrogens with zero attached hydrogens (tertiary/aromatic N) is 1. The summed E-state index contributed by atoms with van der Waals surface area (Å²) in [5.41, 5.74) is 0. The predicted molar refractivity (Wildman–Crippen MR) is 37.1 cm³/mol. The van der Waals surface area contributed by atoms with E-state index in [-0.39, 0.29) is 11.2 Å². The third kappa shape index (κ3) is 0.678. The Morgan fingerprint density at radius 2 is 2.67 bits per heavy atom. The first-order chi connectivity index (χ1) is 4.38. The van der Waals surface area contributed by atoms with Crippen LogP contribution in [-0.2, 0) is 4.79 Å². The third-order valence-electron chi connectivity index (χ3n) is 1.60. The minimum Gasteiger partial charge on any atom is -0.358 e. The first kappa shape index (κ1) is 5.35. The summed E-state index contributed by atoms with van der Waals surface area (Å²) >= 11 is 1.73. The normalized spacial score (nSPS) is 31.8. The molecule has 48 valence electrons. The van der Waals surface area contributed by atoms with Crippen molar-refractivity contribution in [2.24, 2.45) is 0 Å². The lowest BCUT2D eigenvalue weighted by atomic mass is 10.4. The zero-order chi connectivity index (χ0) is 6.27. The van der Waals surface area contributed by atoms with Crippen LogP contribution in [0.2, 0.25) is 0 Å². The molecule has 1 atom stereocenters. The number of ketones is 1. The van der Waals surface area contributed by atoms with E-state index in [0.717, 1.165) is 12.3 Å². The lowest BCUT2D eigenvalue weighted by Crippen LogP contribution is -2.22. The second-order valence-electron chi connectivity index (χ2n) is 2.18. The summed E-state index contributed by atoms with van der Waals surface area (Å²) in [6.07, 6.45) is 3.56. The van der Waals surface area contributed by atoms with Crippen LogP contribution in [0.3, 0.4) is 0 Å². The summed E-state index contributed by atoms with van der Waals surface area (Å²) in [7, 11) is 0. The molecule has 0 aromatic heterocycles. The van der Waals surface area contributed by atoms with Gasteiger partial charge >= 0.3 is 0 Å². The average molecular weight is 141 g/mol. The fourth-order valence-corrected chi connectivity index (χ4v) is 2.28. The van der Waals surface area contributed by atoms with Crippen LogP contribution in [0.15, 0.2) is 12.3 Å². The second kappa shape index (κ2) is 1.77. The Balaban J connectivity index is 2.24. The summed E-state index contributed by atoms with van der Waals surface area (Å²) in [5, 5.41) is 0.144. The topological polar surface area (TPSA) is 20.3 Å². The molecule has 0 aliphatic carbocycles. The SMILES string of the molecule is O=C1C=CN2CCS[C@H]12. The van der Waals surface area contributed by atoms with Crippen molar-refractivity contribution in [2.45, 2.75) is 5.37 Å². The van der Waals surface area contributed by atoms with E-state index in [1.165, 1.54) is 0 Å². The number of carbonyl (C=O) groups excluding carboxylic acids is 1. The molecule has 2 aliphatic heterocycles. The second-order valence-corrected chi connectivity index (χ2v) is 3.37. The van der Waals surface area contributed by atoms with Crippen LogP contribution < -0.4 is 0 Å². The molecule has 0 aromatic rings. The molecule has 0 saturated carbocycles. The lowest BCUT2D eigenvalue weighted by molar-refractivity contribution is -0.114. The van der Waals surface area contributed by atoms with Crippen LogP contribution in [0.25, 0.3) is 0 Å². The molecular formula is C6H7NOS. The number of carbonyl (C=O) groups is 1. The molecule has 2 rings (SSSR count). The van der Waals surface area contributed by atoms with Gasteiger partial charge in [0.05, 0.1) is 0 Å². The number of rotatable bonds is 0. The van der Waals surface area contributed by atoms with Gasteiger partial charge in [-0.3, -0.25) is 4.79 Å². The van der Waals surface area contributed by atoms with Crippen molar-refractivity contribution in [1.29, 1.82) is 0 Å². The summed E-state index contributed by atoms with van der Waals surface area (Å²) in [6, 6.07) is 0. The maximum absolute atomic E-state index is 10.9.